The second-order valence-corrected chi connectivity index (χ2v) is 6.67. The number of carbonyl (C=O) groups is 1. The molecule has 1 saturated carbocycles. The number of anilines is 1. The van der Waals surface area contributed by atoms with Crippen LogP contribution < -0.4 is 5.32 Å². The van der Waals surface area contributed by atoms with E-state index in [2.05, 4.69) is 21.4 Å². The third-order valence-corrected chi connectivity index (χ3v) is 4.92. The molecule has 1 aliphatic carbocycles. The average Bonchev–Trinajstić information content (AvgIpc) is 3.48. The fraction of sp³-hybridized carbons (Fsp3) is 0.421. The third kappa shape index (κ3) is 3.25. The molecule has 1 N–H and O–H groups in total. The number of amides is 1. The molecule has 0 spiro atoms. The van der Waals surface area contributed by atoms with Gasteiger partial charge in [0.25, 0.3) is 5.91 Å². The summed E-state index contributed by atoms with van der Waals surface area (Å²) in [6.45, 7) is 1.58. The normalized spacial score (nSPS) is 18.4. The van der Waals surface area contributed by atoms with Gasteiger partial charge in [-0.3, -0.25) is 4.79 Å². The summed E-state index contributed by atoms with van der Waals surface area (Å²) in [4.78, 5) is 23.0. The molecule has 0 radical (unpaired) electrons. The van der Waals surface area contributed by atoms with E-state index in [0.29, 0.717) is 12.0 Å². The Kier molecular flexibility index (Phi) is 4.15. The van der Waals surface area contributed by atoms with Gasteiger partial charge in [0, 0.05) is 30.9 Å². The second-order valence-electron chi connectivity index (χ2n) is 6.67. The van der Waals surface area contributed by atoms with E-state index in [4.69, 9.17) is 0 Å². The Morgan fingerprint density at radius 2 is 1.88 bits per heavy atom. The quantitative estimate of drug-likeness (QED) is 0.940. The van der Waals surface area contributed by atoms with E-state index >= 15 is 0 Å². The second kappa shape index (κ2) is 6.59. The van der Waals surface area contributed by atoms with Crippen molar-refractivity contribution in [3.8, 4) is 0 Å². The highest BCUT2D eigenvalue weighted by Crippen LogP contribution is 2.41. The molecule has 124 valence electrons. The molecule has 24 heavy (non-hydrogen) atoms. The minimum Gasteiger partial charge on any atom is -0.367 e. The molecule has 1 amide bonds. The predicted molar refractivity (Wildman–Crippen MR) is 93.0 cm³/mol. The van der Waals surface area contributed by atoms with Gasteiger partial charge >= 0.3 is 0 Å². The van der Waals surface area contributed by atoms with Crippen molar-refractivity contribution in [1.29, 1.82) is 0 Å². The first-order chi connectivity index (χ1) is 11.8. The van der Waals surface area contributed by atoms with E-state index in [1.54, 1.807) is 12.5 Å². The number of piperidine rings is 1. The predicted octanol–water partition coefficient (Wildman–Crippen LogP) is 3.07. The lowest BCUT2D eigenvalue weighted by Gasteiger charge is -2.33. The molecule has 2 aromatic rings. The third-order valence-electron chi connectivity index (χ3n) is 4.92. The van der Waals surface area contributed by atoms with E-state index in [-0.39, 0.29) is 5.91 Å². The smallest absolute Gasteiger partial charge is 0.254 e. The van der Waals surface area contributed by atoms with Gasteiger partial charge in [-0.2, -0.15) is 0 Å². The van der Waals surface area contributed by atoms with Gasteiger partial charge in [-0.1, -0.05) is 18.2 Å². The molecule has 2 fully saturated rings. The molecular formula is C19H22N4O. The summed E-state index contributed by atoms with van der Waals surface area (Å²) in [6.07, 6.45) is 7.62. The first-order valence-electron chi connectivity index (χ1n) is 8.72. The van der Waals surface area contributed by atoms with E-state index in [0.717, 1.165) is 37.3 Å². The van der Waals surface area contributed by atoms with Crippen molar-refractivity contribution in [2.24, 2.45) is 0 Å². The zero-order valence-electron chi connectivity index (χ0n) is 13.7. The molecule has 1 saturated heterocycles. The van der Waals surface area contributed by atoms with Gasteiger partial charge in [0.1, 0.15) is 12.1 Å². The van der Waals surface area contributed by atoms with Crippen molar-refractivity contribution in [1.82, 2.24) is 14.9 Å². The lowest BCUT2D eigenvalue weighted by Crippen LogP contribution is -2.42. The molecule has 2 aliphatic rings. The van der Waals surface area contributed by atoms with Crippen molar-refractivity contribution in [3.63, 3.8) is 0 Å². The Balaban J connectivity index is 1.38. The summed E-state index contributed by atoms with van der Waals surface area (Å²) in [5.41, 5.74) is 2.14. The summed E-state index contributed by atoms with van der Waals surface area (Å²) in [5, 5.41) is 3.43. The first kappa shape index (κ1) is 15.1. The van der Waals surface area contributed by atoms with Gasteiger partial charge < -0.3 is 10.2 Å². The molecule has 5 nitrogen and oxygen atoms in total. The summed E-state index contributed by atoms with van der Waals surface area (Å²) < 4.78 is 0. The van der Waals surface area contributed by atoms with Crippen LogP contribution in [0.15, 0.2) is 42.9 Å². The Bertz CT molecular complexity index is 706. The Morgan fingerprint density at radius 1 is 1.08 bits per heavy atom. The topological polar surface area (TPSA) is 58.1 Å². The number of benzene rings is 1. The summed E-state index contributed by atoms with van der Waals surface area (Å²) in [7, 11) is 0. The van der Waals surface area contributed by atoms with Gasteiger partial charge in [-0.15, -0.1) is 0 Å². The molecule has 1 aromatic carbocycles. The summed E-state index contributed by atoms with van der Waals surface area (Å²) in [6, 6.07) is 10.4. The number of aromatic nitrogens is 2. The van der Waals surface area contributed by atoms with Crippen LogP contribution in [0.25, 0.3) is 0 Å². The highest BCUT2D eigenvalue weighted by atomic mass is 16.2. The first-order valence-corrected chi connectivity index (χ1v) is 8.72. The number of hydrogen-bond donors (Lipinski definition) is 1. The van der Waals surface area contributed by atoms with Crippen molar-refractivity contribution in [2.75, 3.05) is 18.4 Å². The van der Waals surface area contributed by atoms with E-state index in [1.807, 2.05) is 29.2 Å². The van der Waals surface area contributed by atoms with Crippen molar-refractivity contribution in [2.45, 2.75) is 37.6 Å². The highest BCUT2D eigenvalue weighted by Gasteiger charge is 2.30. The minimum atomic E-state index is 0.193. The molecule has 2 heterocycles. The number of hydrogen-bond acceptors (Lipinski definition) is 4. The molecular weight excluding hydrogens is 300 g/mol. The molecule has 5 heteroatoms. The largest absolute Gasteiger partial charge is 0.367 e. The SMILES string of the molecule is O=C(c1ccccc1C1CC1)N1CCC(Nc2ccncn2)CC1. The fourth-order valence-corrected chi connectivity index (χ4v) is 3.42. The Labute approximate surface area is 142 Å². The number of nitrogens with zero attached hydrogens (tertiary/aromatic N) is 3. The van der Waals surface area contributed by atoms with Crippen LogP contribution in [0.3, 0.4) is 0 Å². The van der Waals surface area contributed by atoms with Crippen LogP contribution in [0.4, 0.5) is 5.82 Å². The molecule has 1 aromatic heterocycles. The van der Waals surface area contributed by atoms with Crippen molar-refractivity contribution in [3.05, 3.63) is 54.0 Å². The van der Waals surface area contributed by atoms with Crippen molar-refractivity contribution >= 4 is 11.7 Å². The Hall–Kier alpha value is -2.43. The van der Waals surface area contributed by atoms with Crippen LogP contribution in [-0.4, -0.2) is 39.9 Å². The monoisotopic (exact) mass is 322 g/mol. The van der Waals surface area contributed by atoms with Crippen LogP contribution in [0.2, 0.25) is 0 Å². The maximum Gasteiger partial charge on any atom is 0.254 e. The van der Waals surface area contributed by atoms with Crippen LogP contribution >= 0.6 is 0 Å². The molecule has 1 aliphatic heterocycles. The van der Waals surface area contributed by atoms with Gasteiger partial charge in [-0.05, 0) is 49.3 Å². The van der Waals surface area contributed by atoms with Crippen molar-refractivity contribution < 1.29 is 4.79 Å². The number of rotatable bonds is 4. The van der Waals surface area contributed by atoms with Crippen LogP contribution in [0.5, 0.6) is 0 Å². The van der Waals surface area contributed by atoms with Gasteiger partial charge in [0.2, 0.25) is 0 Å². The maximum atomic E-state index is 12.9. The average molecular weight is 322 g/mol. The van der Waals surface area contributed by atoms with Gasteiger partial charge in [0.15, 0.2) is 0 Å². The number of carbonyl (C=O) groups excluding carboxylic acids is 1. The van der Waals surface area contributed by atoms with Gasteiger partial charge in [0.05, 0.1) is 0 Å². The lowest BCUT2D eigenvalue weighted by molar-refractivity contribution is 0.0717. The Morgan fingerprint density at radius 3 is 2.58 bits per heavy atom. The van der Waals surface area contributed by atoms with E-state index < -0.39 is 0 Å². The lowest BCUT2D eigenvalue weighted by atomic mass is 9.99. The number of nitrogens with one attached hydrogen (secondary N) is 1. The minimum absolute atomic E-state index is 0.193. The molecule has 0 atom stereocenters. The summed E-state index contributed by atoms with van der Waals surface area (Å²) in [5.74, 6) is 1.65. The zero-order chi connectivity index (χ0) is 16.4. The molecule has 0 bridgehead atoms. The summed E-state index contributed by atoms with van der Waals surface area (Å²) >= 11 is 0. The van der Waals surface area contributed by atoms with Crippen LogP contribution in [0, 0.1) is 0 Å². The van der Waals surface area contributed by atoms with Crippen LogP contribution in [-0.2, 0) is 0 Å². The number of likely N-dealkylation sites (tertiary alicyclic amines) is 1. The molecule has 4 rings (SSSR count). The van der Waals surface area contributed by atoms with Crippen LogP contribution in [0.1, 0.15) is 47.5 Å². The molecule has 0 unspecified atom stereocenters. The van der Waals surface area contributed by atoms with E-state index in [9.17, 15) is 4.79 Å². The standard InChI is InChI=1S/C19H22N4O/c24-19(17-4-2-1-3-16(17)14-5-6-14)23-11-8-15(9-12-23)22-18-7-10-20-13-21-18/h1-4,7,10,13-15H,5-6,8-9,11-12H2,(H,20,21,22). The maximum absolute atomic E-state index is 12.9. The van der Waals surface area contributed by atoms with E-state index in [1.165, 1.54) is 18.4 Å². The van der Waals surface area contributed by atoms with Gasteiger partial charge in [-0.25, -0.2) is 9.97 Å². The highest BCUT2D eigenvalue weighted by molar-refractivity contribution is 5.96. The fourth-order valence-electron chi connectivity index (χ4n) is 3.42. The zero-order valence-corrected chi connectivity index (χ0v) is 13.7.